The summed E-state index contributed by atoms with van der Waals surface area (Å²) in [6, 6.07) is 2.69. The number of aromatic nitrogens is 3. The minimum Gasteiger partial charge on any atom is -0.351 e. The molecule has 0 amide bonds. The third-order valence-electron chi connectivity index (χ3n) is 2.80. The van der Waals surface area contributed by atoms with Gasteiger partial charge < -0.3 is 4.18 Å². The van der Waals surface area contributed by atoms with Gasteiger partial charge in [0, 0.05) is 12.4 Å². The van der Waals surface area contributed by atoms with Crippen LogP contribution in [0.15, 0.2) is 24.5 Å². The molecule has 2 aromatic heterocycles. The summed E-state index contributed by atoms with van der Waals surface area (Å²) in [5.74, 6) is -0.821. The molecule has 3 aromatic rings. The van der Waals surface area contributed by atoms with Gasteiger partial charge in [-0.15, -0.1) is 0 Å². The van der Waals surface area contributed by atoms with Gasteiger partial charge in [-0.2, -0.15) is 21.6 Å². The van der Waals surface area contributed by atoms with Crippen molar-refractivity contribution in [2.75, 3.05) is 0 Å². The lowest BCUT2D eigenvalue weighted by molar-refractivity contribution is -0.0500. The van der Waals surface area contributed by atoms with E-state index in [-0.39, 0.29) is 21.2 Å². The molecule has 0 aliphatic heterocycles. The number of imidazole rings is 1. The second kappa shape index (κ2) is 5.11. The lowest BCUT2D eigenvalue weighted by Gasteiger charge is -2.11. The van der Waals surface area contributed by atoms with E-state index < -0.39 is 21.5 Å². The lowest BCUT2D eigenvalue weighted by Crippen LogP contribution is -2.28. The molecule has 122 valence electrons. The second-order valence-electron chi connectivity index (χ2n) is 4.28. The maximum absolute atomic E-state index is 12.5. The summed E-state index contributed by atoms with van der Waals surface area (Å²) in [5, 5.41) is 0.281. The summed E-state index contributed by atoms with van der Waals surface area (Å²) >= 11 is 11.7. The van der Waals surface area contributed by atoms with Gasteiger partial charge in [0.05, 0.1) is 21.1 Å². The Morgan fingerprint density at radius 1 is 1.17 bits per heavy atom. The van der Waals surface area contributed by atoms with Gasteiger partial charge in [0.25, 0.3) is 5.88 Å². The average molecular weight is 386 g/mol. The molecule has 2 heterocycles. The van der Waals surface area contributed by atoms with Crippen LogP contribution in [0.25, 0.3) is 16.7 Å². The zero-order chi connectivity index (χ0) is 17.0. The zero-order valence-corrected chi connectivity index (χ0v) is 13.0. The molecule has 0 spiro atoms. The number of alkyl halides is 3. The topological polar surface area (TPSA) is 73.6 Å². The van der Waals surface area contributed by atoms with Crippen molar-refractivity contribution in [3.8, 4) is 5.88 Å². The van der Waals surface area contributed by atoms with Crippen LogP contribution in [0.5, 0.6) is 5.88 Å². The lowest BCUT2D eigenvalue weighted by atomic mass is 10.3. The SMILES string of the molecule is O=S(=O)(Oc1nc2cc(Cl)c(Cl)cc2n2ccnc12)C(F)(F)F. The Hall–Kier alpha value is -1.78. The number of hydrogen-bond acceptors (Lipinski definition) is 5. The maximum Gasteiger partial charge on any atom is 0.534 e. The third-order valence-corrected chi connectivity index (χ3v) is 4.47. The Morgan fingerprint density at radius 3 is 2.48 bits per heavy atom. The highest BCUT2D eigenvalue weighted by Crippen LogP contribution is 2.32. The molecular weight excluding hydrogens is 382 g/mol. The molecule has 12 heteroatoms. The maximum atomic E-state index is 12.5. The predicted molar refractivity (Wildman–Crippen MR) is 76.1 cm³/mol. The molecule has 6 nitrogen and oxygen atoms in total. The van der Waals surface area contributed by atoms with Gasteiger partial charge in [0.15, 0.2) is 0 Å². The summed E-state index contributed by atoms with van der Waals surface area (Å²) in [6.45, 7) is 0. The fourth-order valence-electron chi connectivity index (χ4n) is 1.83. The average Bonchev–Trinajstić information content (AvgIpc) is 2.89. The fourth-order valence-corrected chi connectivity index (χ4v) is 2.56. The monoisotopic (exact) mass is 385 g/mol. The summed E-state index contributed by atoms with van der Waals surface area (Å²) in [7, 11) is -5.88. The molecule has 0 bridgehead atoms. The predicted octanol–water partition coefficient (Wildman–Crippen LogP) is 3.42. The first kappa shape index (κ1) is 16.1. The van der Waals surface area contributed by atoms with Crippen molar-refractivity contribution in [3.05, 3.63) is 34.6 Å². The molecule has 3 rings (SSSR count). The summed E-state index contributed by atoms with van der Waals surface area (Å²) in [5.41, 5.74) is -5.37. The highest BCUT2D eigenvalue weighted by atomic mass is 35.5. The Kier molecular flexibility index (Phi) is 3.58. The molecule has 0 radical (unpaired) electrons. The van der Waals surface area contributed by atoms with Crippen LogP contribution in [-0.2, 0) is 10.1 Å². The van der Waals surface area contributed by atoms with Gasteiger partial charge >= 0.3 is 15.6 Å². The minimum atomic E-state index is -5.88. The smallest absolute Gasteiger partial charge is 0.351 e. The quantitative estimate of drug-likeness (QED) is 0.499. The van der Waals surface area contributed by atoms with E-state index in [1.165, 1.54) is 28.9 Å². The summed E-state index contributed by atoms with van der Waals surface area (Å²) in [6.07, 6.45) is 2.63. The summed E-state index contributed by atoms with van der Waals surface area (Å²) in [4.78, 5) is 7.50. The van der Waals surface area contributed by atoms with E-state index in [0.29, 0.717) is 5.52 Å². The van der Waals surface area contributed by atoms with E-state index in [9.17, 15) is 21.6 Å². The van der Waals surface area contributed by atoms with Crippen molar-refractivity contribution in [1.82, 2.24) is 14.4 Å². The first-order valence-corrected chi connectivity index (χ1v) is 7.89. The number of benzene rings is 1. The third kappa shape index (κ3) is 2.66. The van der Waals surface area contributed by atoms with Crippen LogP contribution in [0.3, 0.4) is 0 Å². The van der Waals surface area contributed by atoms with Gasteiger partial charge in [-0.25, -0.2) is 9.97 Å². The molecule has 0 saturated carbocycles. The zero-order valence-electron chi connectivity index (χ0n) is 10.7. The van der Waals surface area contributed by atoms with E-state index in [2.05, 4.69) is 14.2 Å². The van der Waals surface area contributed by atoms with Crippen molar-refractivity contribution in [1.29, 1.82) is 0 Å². The van der Waals surface area contributed by atoms with Crippen LogP contribution in [0.4, 0.5) is 13.2 Å². The molecule has 0 fully saturated rings. The van der Waals surface area contributed by atoms with Crippen molar-refractivity contribution in [3.63, 3.8) is 0 Å². The Balaban J connectivity index is 2.29. The number of rotatable bonds is 2. The molecule has 0 N–H and O–H groups in total. The van der Waals surface area contributed by atoms with E-state index in [4.69, 9.17) is 23.2 Å². The molecule has 23 heavy (non-hydrogen) atoms. The number of halogens is 5. The van der Waals surface area contributed by atoms with Crippen LogP contribution in [0.1, 0.15) is 0 Å². The van der Waals surface area contributed by atoms with Crippen LogP contribution in [-0.4, -0.2) is 28.3 Å². The Bertz CT molecular complexity index is 1030. The first-order chi connectivity index (χ1) is 10.6. The van der Waals surface area contributed by atoms with Gasteiger partial charge in [0.2, 0.25) is 5.65 Å². The van der Waals surface area contributed by atoms with Crippen LogP contribution in [0, 0.1) is 0 Å². The summed E-state index contributed by atoms with van der Waals surface area (Å²) < 4.78 is 65.1. The highest BCUT2D eigenvalue weighted by Gasteiger charge is 2.49. The Labute approximate surface area is 136 Å². The van der Waals surface area contributed by atoms with Gasteiger partial charge in [-0.3, -0.25) is 4.40 Å². The molecular formula is C11H4Cl2F3N3O3S. The minimum absolute atomic E-state index is 0.0808. The molecule has 0 aliphatic carbocycles. The van der Waals surface area contributed by atoms with Gasteiger partial charge in [0.1, 0.15) is 0 Å². The van der Waals surface area contributed by atoms with E-state index >= 15 is 0 Å². The molecule has 0 atom stereocenters. The van der Waals surface area contributed by atoms with Crippen molar-refractivity contribution < 1.29 is 25.8 Å². The van der Waals surface area contributed by atoms with Crippen LogP contribution >= 0.6 is 23.2 Å². The van der Waals surface area contributed by atoms with E-state index in [1.54, 1.807) is 0 Å². The van der Waals surface area contributed by atoms with E-state index in [1.807, 2.05) is 0 Å². The first-order valence-electron chi connectivity index (χ1n) is 5.73. The second-order valence-corrected chi connectivity index (χ2v) is 6.63. The van der Waals surface area contributed by atoms with Crippen LogP contribution in [0.2, 0.25) is 10.0 Å². The number of fused-ring (bicyclic) bond motifs is 3. The standard InChI is InChI=1S/C11H4Cl2F3N3O3S/c12-5-3-7-8(4-6(5)13)19-2-1-17-9(19)10(18-7)22-23(20,21)11(14,15)16/h1-4H. The molecule has 0 saturated heterocycles. The van der Waals surface area contributed by atoms with Crippen molar-refractivity contribution >= 4 is 50.0 Å². The fraction of sp³-hybridized carbons (Fsp3) is 0.0909. The molecule has 0 aliphatic rings. The van der Waals surface area contributed by atoms with E-state index in [0.717, 1.165) is 0 Å². The number of nitrogens with zero attached hydrogens (tertiary/aromatic N) is 3. The van der Waals surface area contributed by atoms with Gasteiger partial charge in [-0.1, -0.05) is 23.2 Å². The molecule has 1 aromatic carbocycles. The highest BCUT2D eigenvalue weighted by molar-refractivity contribution is 7.88. The van der Waals surface area contributed by atoms with Crippen molar-refractivity contribution in [2.45, 2.75) is 5.51 Å². The van der Waals surface area contributed by atoms with Gasteiger partial charge in [-0.05, 0) is 12.1 Å². The Morgan fingerprint density at radius 2 is 1.83 bits per heavy atom. The number of hydrogen-bond donors (Lipinski definition) is 0. The largest absolute Gasteiger partial charge is 0.534 e. The normalized spacial score (nSPS) is 12.9. The molecule has 0 unspecified atom stereocenters. The van der Waals surface area contributed by atoms with Crippen LogP contribution < -0.4 is 4.18 Å². The van der Waals surface area contributed by atoms with Crippen molar-refractivity contribution in [2.24, 2.45) is 0 Å².